The summed E-state index contributed by atoms with van der Waals surface area (Å²) in [5.41, 5.74) is 5.00. The summed E-state index contributed by atoms with van der Waals surface area (Å²) in [6, 6.07) is 29.0. The number of amides is 3. The van der Waals surface area contributed by atoms with Crippen molar-refractivity contribution in [2.75, 3.05) is 5.32 Å². The van der Waals surface area contributed by atoms with Crippen LogP contribution in [-0.2, 0) is 19.1 Å². The lowest BCUT2D eigenvalue weighted by molar-refractivity contribution is -0.159. The molecule has 12 nitrogen and oxygen atoms in total. The van der Waals surface area contributed by atoms with E-state index < -0.39 is 41.9 Å². The van der Waals surface area contributed by atoms with Gasteiger partial charge in [-0.15, -0.1) is 0 Å². The van der Waals surface area contributed by atoms with Crippen molar-refractivity contribution in [1.82, 2.24) is 10.9 Å². The Bertz CT molecular complexity index is 1650. The molecule has 12 heteroatoms. The molecule has 0 saturated heterocycles. The molecule has 4 rings (SSSR count). The maximum absolute atomic E-state index is 13.1. The summed E-state index contributed by atoms with van der Waals surface area (Å²) in [6.45, 7) is 0. The number of hydrogen-bond donors (Lipinski definition) is 4. The molecule has 44 heavy (non-hydrogen) atoms. The first-order chi connectivity index (χ1) is 21.2. The third-order valence-electron chi connectivity index (χ3n) is 6.00. The molecule has 0 fully saturated rings. The quantitative estimate of drug-likeness (QED) is 0.158. The molecule has 0 unspecified atom stereocenters. The lowest BCUT2D eigenvalue weighted by Crippen LogP contribution is -2.54. The summed E-state index contributed by atoms with van der Waals surface area (Å²) >= 11 is 0. The van der Waals surface area contributed by atoms with E-state index in [9.17, 15) is 33.9 Å². The van der Waals surface area contributed by atoms with Crippen molar-refractivity contribution in [2.45, 2.75) is 12.2 Å². The second kappa shape index (κ2) is 14.5. The van der Waals surface area contributed by atoms with Gasteiger partial charge in [0.25, 0.3) is 17.7 Å². The number of nitrogens with one attached hydrogen (secondary N) is 3. The third-order valence-corrected chi connectivity index (χ3v) is 6.00. The Morgan fingerprint density at radius 1 is 0.500 bits per heavy atom. The van der Waals surface area contributed by atoms with Crippen LogP contribution >= 0.6 is 0 Å². The number of aliphatic carboxylic acids is 1. The van der Waals surface area contributed by atoms with Gasteiger partial charge in [0, 0.05) is 16.8 Å². The molecular weight excluding hydrogens is 570 g/mol. The van der Waals surface area contributed by atoms with Crippen molar-refractivity contribution < 1.29 is 43.3 Å². The van der Waals surface area contributed by atoms with Gasteiger partial charge in [0.15, 0.2) is 0 Å². The monoisotopic (exact) mass is 595 g/mol. The molecule has 0 aromatic heterocycles. The van der Waals surface area contributed by atoms with Gasteiger partial charge in [0.2, 0.25) is 12.2 Å². The lowest BCUT2D eigenvalue weighted by Gasteiger charge is -2.23. The first kappa shape index (κ1) is 30.7. The van der Waals surface area contributed by atoms with Crippen LogP contribution in [0.3, 0.4) is 0 Å². The Hall–Kier alpha value is -6.30. The van der Waals surface area contributed by atoms with Gasteiger partial charge in [-0.05, 0) is 60.7 Å². The number of carbonyl (C=O) groups is 6. The second-order valence-electron chi connectivity index (χ2n) is 9.06. The molecule has 4 N–H and O–H groups in total. The van der Waals surface area contributed by atoms with Gasteiger partial charge >= 0.3 is 17.9 Å². The van der Waals surface area contributed by atoms with Crippen LogP contribution in [0.15, 0.2) is 115 Å². The number of carboxylic acids is 1. The zero-order valence-corrected chi connectivity index (χ0v) is 22.8. The van der Waals surface area contributed by atoms with Gasteiger partial charge < -0.3 is 19.9 Å². The van der Waals surface area contributed by atoms with Gasteiger partial charge in [-0.1, -0.05) is 54.6 Å². The second-order valence-corrected chi connectivity index (χ2v) is 9.06. The molecule has 0 aliphatic rings. The van der Waals surface area contributed by atoms with E-state index in [0.29, 0.717) is 11.3 Å². The zero-order valence-electron chi connectivity index (χ0n) is 22.8. The molecule has 0 aliphatic heterocycles. The Morgan fingerprint density at radius 3 is 1.41 bits per heavy atom. The highest BCUT2D eigenvalue weighted by Crippen LogP contribution is 2.14. The van der Waals surface area contributed by atoms with E-state index >= 15 is 0 Å². The summed E-state index contributed by atoms with van der Waals surface area (Å²) in [7, 11) is 0. The fourth-order valence-corrected chi connectivity index (χ4v) is 3.77. The molecule has 4 aromatic carbocycles. The minimum atomic E-state index is -2.28. The molecule has 0 saturated carbocycles. The molecule has 0 radical (unpaired) electrons. The summed E-state index contributed by atoms with van der Waals surface area (Å²) in [5, 5.41) is 12.5. The Morgan fingerprint density at radius 2 is 0.932 bits per heavy atom. The van der Waals surface area contributed by atoms with Gasteiger partial charge in [0.05, 0.1) is 11.1 Å². The number of ether oxygens (including phenoxy) is 2. The molecule has 0 spiro atoms. The van der Waals surface area contributed by atoms with Crippen molar-refractivity contribution in [3.63, 3.8) is 0 Å². The predicted octanol–water partition coefficient (Wildman–Crippen LogP) is 3.24. The minimum Gasteiger partial charge on any atom is -0.478 e. The van der Waals surface area contributed by atoms with Crippen LogP contribution in [0.25, 0.3) is 0 Å². The highest BCUT2D eigenvalue weighted by molar-refractivity contribution is 6.04. The highest BCUT2D eigenvalue weighted by Gasteiger charge is 2.41. The molecule has 2 atom stereocenters. The molecular formula is C32H25N3O9. The summed E-state index contributed by atoms with van der Waals surface area (Å²) < 4.78 is 10.2. The summed E-state index contributed by atoms with van der Waals surface area (Å²) in [6.07, 6.45) is -4.48. The van der Waals surface area contributed by atoms with Crippen molar-refractivity contribution in [2.24, 2.45) is 0 Å². The summed E-state index contributed by atoms with van der Waals surface area (Å²) in [5.74, 6) is -6.41. The van der Waals surface area contributed by atoms with E-state index in [-0.39, 0.29) is 22.6 Å². The number of esters is 2. The first-order valence-corrected chi connectivity index (χ1v) is 13.0. The fraction of sp³-hybridized carbons (Fsp3) is 0.0625. The number of carbonyl (C=O) groups excluding carboxylic acids is 5. The number of rotatable bonds is 10. The SMILES string of the molecule is O=C(NNC(=O)[C@H](OC(=O)c1ccccc1)[C@H](OC(=O)c1ccccc1)C(=O)O)c1ccc(NC(=O)c2ccccc2)cc1. The predicted molar refractivity (Wildman–Crippen MR) is 155 cm³/mol. The van der Waals surface area contributed by atoms with E-state index in [0.717, 1.165) is 0 Å². The minimum absolute atomic E-state index is 0.00712. The number of carboxylic acid groups (broad SMARTS) is 1. The van der Waals surface area contributed by atoms with Crippen LogP contribution in [-0.4, -0.2) is 52.9 Å². The van der Waals surface area contributed by atoms with Gasteiger partial charge in [-0.25, -0.2) is 14.4 Å². The van der Waals surface area contributed by atoms with Crippen LogP contribution in [0, 0.1) is 0 Å². The third kappa shape index (κ3) is 8.13. The van der Waals surface area contributed by atoms with E-state index in [1.165, 1.54) is 72.8 Å². The Kier molecular flexibility index (Phi) is 10.1. The van der Waals surface area contributed by atoms with Gasteiger partial charge in [-0.3, -0.25) is 25.2 Å². The molecule has 3 amide bonds. The molecule has 222 valence electrons. The number of benzene rings is 4. The van der Waals surface area contributed by atoms with Gasteiger partial charge in [0.1, 0.15) is 0 Å². The number of hydrazine groups is 1. The average molecular weight is 596 g/mol. The topological polar surface area (TPSA) is 177 Å². The van der Waals surface area contributed by atoms with Gasteiger partial charge in [-0.2, -0.15) is 0 Å². The van der Waals surface area contributed by atoms with Crippen LogP contribution < -0.4 is 16.2 Å². The van der Waals surface area contributed by atoms with Crippen molar-refractivity contribution in [1.29, 1.82) is 0 Å². The Labute approximate surface area is 250 Å². The van der Waals surface area contributed by atoms with Crippen LogP contribution in [0.2, 0.25) is 0 Å². The smallest absolute Gasteiger partial charge is 0.349 e. The molecule has 4 aromatic rings. The zero-order chi connectivity index (χ0) is 31.5. The van der Waals surface area contributed by atoms with E-state index in [2.05, 4.69) is 10.7 Å². The Balaban J connectivity index is 1.46. The molecule has 0 heterocycles. The highest BCUT2D eigenvalue weighted by atomic mass is 16.6. The van der Waals surface area contributed by atoms with Crippen LogP contribution in [0.1, 0.15) is 41.4 Å². The standard InChI is InChI=1S/C32H25N3O9/c36-27(20-10-4-1-5-11-20)33-24-18-16-21(17-19-24)28(37)34-35-29(38)25(43-31(41)22-12-6-2-7-13-22)26(30(39)40)44-32(42)23-14-8-3-9-15-23/h1-19,25-26H,(H,33,36)(H,34,37)(H,35,38)(H,39,40)/t25-,26+/m1/s1. The largest absolute Gasteiger partial charge is 0.478 e. The lowest BCUT2D eigenvalue weighted by atomic mass is 10.1. The van der Waals surface area contributed by atoms with Crippen LogP contribution in [0.4, 0.5) is 5.69 Å². The van der Waals surface area contributed by atoms with Crippen molar-refractivity contribution in [3.8, 4) is 0 Å². The van der Waals surface area contributed by atoms with Crippen molar-refractivity contribution >= 4 is 41.3 Å². The fourth-order valence-electron chi connectivity index (χ4n) is 3.77. The number of anilines is 1. The van der Waals surface area contributed by atoms with E-state index in [1.807, 2.05) is 5.43 Å². The first-order valence-electron chi connectivity index (χ1n) is 13.0. The maximum Gasteiger partial charge on any atom is 0.349 e. The van der Waals surface area contributed by atoms with E-state index in [1.54, 1.807) is 42.5 Å². The normalized spacial score (nSPS) is 11.6. The summed E-state index contributed by atoms with van der Waals surface area (Å²) in [4.78, 5) is 75.7. The van der Waals surface area contributed by atoms with E-state index in [4.69, 9.17) is 9.47 Å². The molecule has 0 aliphatic carbocycles. The van der Waals surface area contributed by atoms with Crippen LogP contribution in [0.5, 0.6) is 0 Å². The molecule has 0 bridgehead atoms. The average Bonchev–Trinajstić information content (AvgIpc) is 3.06. The maximum atomic E-state index is 13.1. The number of hydrogen-bond acceptors (Lipinski definition) is 8. The van der Waals surface area contributed by atoms with Crippen molar-refractivity contribution in [3.05, 3.63) is 138 Å².